The van der Waals surface area contributed by atoms with Gasteiger partial charge in [0.05, 0.1) is 24.7 Å². The van der Waals surface area contributed by atoms with Crippen molar-refractivity contribution in [1.29, 1.82) is 0 Å². The van der Waals surface area contributed by atoms with Crippen molar-refractivity contribution < 1.29 is 41.6 Å². The molecule has 9 nitrogen and oxygen atoms in total. The number of sulfone groups is 1. The lowest BCUT2D eigenvalue weighted by Gasteiger charge is -2.45. The summed E-state index contributed by atoms with van der Waals surface area (Å²) >= 11 is 0. The van der Waals surface area contributed by atoms with Gasteiger partial charge in [-0.3, -0.25) is 4.79 Å². The minimum Gasteiger partial charge on any atom is -0.463 e. The number of esters is 1. The molecule has 0 saturated carbocycles. The van der Waals surface area contributed by atoms with E-state index >= 15 is 0 Å². The van der Waals surface area contributed by atoms with Crippen molar-refractivity contribution >= 4 is 15.8 Å². The fourth-order valence-corrected chi connectivity index (χ4v) is 6.93. The summed E-state index contributed by atoms with van der Waals surface area (Å²) in [5, 5.41) is 0. The first-order valence-electron chi connectivity index (χ1n) is 18.6. The zero-order valence-corrected chi connectivity index (χ0v) is 32.0. The maximum atomic E-state index is 12.8. The number of carbonyl (C=O) groups excluding carboxylic acids is 1. The van der Waals surface area contributed by atoms with Crippen LogP contribution in [0.2, 0.25) is 0 Å². The number of carbonyl (C=O) groups is 1. The first-order valence-corrected chi connectivity index (χ1v) is 20.5. The summed E-state index contributed by atoms with van der Waals surface area (Å²) in [5.41, 5.74) is 4.63. The maximum Gasteiger partial charge on any atom is 0.305 e. The molecular formula is C45H48O9S. The van der Waals surface area contributed by atoms with E-state index in [9.17, 15) is 13.2 Å². The van der Waals surface area contributed by atoms with Gasteiger partial charge in [-0.2, -0.15) is 0 Å². The molecule has 0 aliphatic carbocycles. The van der Waals surface area contributed by atoms with Gasteiger partial charge in [-0.15, -0.1) is 0 Å². The highest BCUT2D eigenvalue weighted by Gasteiger charge is 2.50. The van der Waals surface area contributed by atoms with Gasteiger partial charge in [0.1, 0.15) is 36.8 Å². The van der Waals surface area contributed by atoms with Crippen molar-refractivity contribution in [3.8, 4) is 16.9 Å². The van der Waals surface area contributed by atoms with Crippen molar-refractivity contribution in [1.82, 2.24) is 0 Å². The minimum atomic E-state index is -3.31. The van der Waals surface area contributed by atoms with Crippen LogP contribution in [0, 0.1) is 0 Å². The van der Waals surface area contributed by atoms with Crippen LogP contribution in [0.5, 0.6) is 5.75 Å². The molecule has 0 spiro atoms. The Balaban J connectivity index is 1.32. The van der Waals surface area contributed by atoms with Gasteiger partial charge in [-0.1, -0.05) is 129 Å². The Morgan fingerprint density at radius 1 is 0.618 bits per heavy atom. The van der Waals surface area contributed by atoms with Crippen LogP contribution in [0.15, 0.2) is 144 Å². The van der Waals surface area contributed by atoms with Crippen LogP contribution in [-0.2, 0) is 58.1 Å². The smallest absolute Gasteiger partial charge is 0.305 e. The van der Waals surface area contributed by atoms with Crippen molar-refractivity contribution in [3.63, 3.8) is 0 Å². The molecule has 288 valence electrons. The molecule has 1 aliphatic heterocycles. The Morgan fingerprint density at radius 2 is 1.09 bits per heavy atom. The van der Waals surface area contributed by atoms with Gasteiger partial charge in [-0.25, -0.2) is 8.42 Å². The normalized spacial score (nSPS) is 19.8. The number of rotatable bonds is 18. The summed E-state index contributed by atoms with van der Waals surface area (Å²) in [4.78, 5) is 13.1. The molecule has 10 heteroatoms. The van der Waals surface area contributed by atoms with E-state index in [1.807, 2.05) is 122 Å². The van der Waals surface area contributed by atoms with Crippen LogP contribution in [0.3, 0.4) is 0 Å². The van der Waals surface area contributed by atoms with Crippen molar-refractivity contribution in [2.45, 2.75) is 81.6 Å². The second-order valence-electron chi connectivity index (χ2n) is 13.6. The van der Waals surface area contributed by atoms with Gasteiger partial charge < -0.3 is 28.4 Å². The van der Waals surface area contributed by atoms with Crippen LogP contribution >= 0.6 is 0 Å². The van der Waals surface area contributed by atoms with Crippen LogP contribution in [0.25, 0.3) is 11.1 Å². The monoisotopic (exact) mass is 764 g/mol. The molecule has 5 atom stereocenters. The molecule has 0 aromatic heterocycles. The van der Waals surface area contributed by atoms with E-state index in [4.69, 9.17) is 28.4 Å². The van der Waals surface area contributed by atoms with Gasteiger partial charge in [0.15, 0.2) is 9.84 Å². The van der Waals surface area contributed by atoms with Gasteiger partial charge >= 0.3 is 5.97 Å². The zero-order chi connectivity index (χ0) is 38.5. The van der Waals surface area contributed by atoms with E-state index in [0.717, 1.165) is 40.7 Å². The SMILES string of the molecule is CCCCC(=O)OC[C@H]1O[C@H](Oc2ccc(-c3ccc(S(C)(=O)=O)cc3)cc2)[C@@H](OCc2ccccc2)[C@@H](OCc2ccccc2)[C@@H]1OCc1ccccc1. The van der Waals surface area contributed by atoms with E-state index in [0.29, 0.717) is 12.2 Å². The largest absolute Gasteiger partial charge is 0.463 e. The molecule has 5 aromatic carbocycles. The summed E-state index contributed by atoms with van der Waals surface area (Å²) in [6.07, 6.45) is -0.856. The Hall–Kier alpha value is -4.84. The molecule has 1 heterocycles. The van der Waals surface area contributed by atoms with Crippen LogP contribution in [0.1, 0.15) is 42.9 Å². The summed E-state index contributed by atoms with van der Waals surface area (Å²) in [5.74, 6) is 0.202. The topological polar surface area (TPSA) is 107 Å². The summed E-state index contributed by atoms with van der Waals surface area (Å²) < 4.78 is 63.2. The number of hydrogen-bond acceptors (Lipinski definition) is 9. The summed E-state index contributed by atoms with van der Waals surface area (Å²) in [6.45, 7) is 2.75. The molecule has 0 radical (unpaired) electrons. The van der Waals surface area contributed by atoms with Crippen LogP contribution < -0.4 is 4.74 Å². The van der Waals surface area contributed by atoms with E-state index in [1.165, 1.54) is 6.26 Å². The van der Waals surface area contributed by atoms with Gasteiger partial charge in [-0.05, 0) is 58.5 Å². The number of ether oxygens (including phenoxy) is 6. The van der Waals surface area contributed by atoms with E-state index in [1.54, 1.807) is 24.3 Å². The molecule has 0 amide bonds. The fourth-order valence-electron chi connectivity index (χ4n) is 6.30. The van der Waals surface area contributed by atoms with Crippen molar-refractivity contribution in [2.24, 2.45) is 0 Å². The predicted octanol–water partition coefficient (Wildman–Crippen LogP) is 8.35. The molecule has 1 fully saturated rings. The standard InChI is InChI=1S/C45H48O9S/c1-3-4-20-41(46)49-32-40-42(50-29-33-14-8-5-9-15-33)43(51-30-34-16-10-6-11-17-34)44(52-31-35-18-12-7-13-19-35)45(54-40)53-38-25-21-36(22-26-38)37-23-27-39(28-24-37)55(2,47)48/h5-19,21-28,40,42-45H,3-4,20,29-32H2,1-2H3/t40-,42-,43+,44+,45+/m1/s1. The minimum absolute atomic E-state index is 0.0686. The number of hydrogen-bond donors (Lipinski definition) is 0. The lowest BCUT2D eigenvalue weighted by atomic mass is 9.97. The van der Waals surface area contributed by atoms with Crippen molar-refractivity contribution in [2.75, 3.05) is 12.9 Å². The highest BCUT2D eigenvalue weighted by atomic mass is 32.2. The highest BCUT2D eigenvalue weighted by molar-refractivity contribution is 7.90. The molecular weight excluding hydrogens is 717 g/mol. The Labute approximate surface area is 324 Å². The summed E-state index contributed by atoms with van der Waals surface area (Å²) in [7, 11) is -3.31. The predicted molar refractivity (Wildman–Crippen MR) is 210 cm³/mol. The Morgan fingerprint density at radius 3 is 1.58 bits per heavy atom. The highest BCUT2D eigenvalue weighted by Crippen LogP contribution is 2.33. The van der Waals surface area contributed by atoms with Gasteiger partial charge in [0.25, 0.3) is 0 Å². The average molecular weight is 765 g/mol. The lowest BCUT2D eigenvalue weighted by Crippen LogP contribution is -2.62. The third-order valence-corrected chi connectivity index (χ3v) is 10.4. The Bertz CT molecular complexity index is 2010. The third-order valence-electron chi connectivity index (χ3n) is 9.31. The zero-order valence-electron chi connectivity index (χ0n) is 31.2. The molecule has 55 heavy (non-hydrogen) atoms. The third kappa shape index (κ3) is 11.6. The van der Waals surface area contributed by atoms with E-state index in [2.05, 4.69) is 0 Å². The number of unbranched alkanes of at least 4 members (excludes halogenated alkanes) is 1. The molecule has 5 aromatic rings. The first kappa shape index (κ1) is 39.8. The molecule has 0 bridgehead atoms. The quantitative estimate of drug-likeness (QED) is 0.0815. The Kier molecular flexibility index (Phi) is 14.2. The molecule has 0 N–H and O–H groups in total. The van der Waals surface area contributed by atoms with Crippen LogP contribution in [0.4, 0.5) is 0 Å². The summed E-state index contributed by atoms with van der Waals surface area (Å²) in [6, 6.07) is 43.8. The molecule has 1 aliphatic rings. The molecule has 6 rings (SSSR count). The van der Waals surface area contributed by atoms with Gasteiger partial charge in [0, 0.05) is 12.7 Å². The van der Waals surface area contributed by atoms with E-state index < -0.39 is 40.5 Å². The molecule has 1 saturated heterocycles. The van der Waals surface area contributed by atoms with Gasteiger partial charge in [0.2, 0.25) is 6.29 Å². The maximum absolute atomic E-state index is 12.8. The van der Waals surface area contributed by atoms with E-state index in [-0.39, 0.29) is 37.3 Å². The second-order valence-corrected chi connectivity index (χ2v) is 15.6. The van der Waals surface area contributed by atoms with Crippen LogP contribution in [-0.4, -0.2) is 58.0 Å². The van der Waals surface area contributed by atoms with Crippen molar-refractivity contribution in [3.05, 3.63) is 156 Å². The number of benzene rings is 5. The second kappa shape index (κ2) is 19.7. The molecule has 0 unspecified atom stereocenters. The first-order chi connectivity index (χ1) is 26.8. The fraction of sp³-hybridized carbons (Fsp3) is 0.311. The lowest BCUT2D eigenvalue weighted by molar-refractivity contribution is -0.308. The average Bonchev–Trinajstić information content (AvgIpc) is 3.21.